The van der Waals surface area contributed by atoms with Crippen LogP contribution in [0.5, 0.6) is 0 Å². The van der Waals surface area contributed by atoms with Crippen molar-refractivity contribution in [1.82, 2.24) is 4.31 Å². The second-order valence-corrected chi connectivity index (χ2v) is 8.44. The molecule has 0 bridgehead atoms. The molecule has 7 heteroatoms. The molecule has 1 saturated heterocycles. The lowest BCUT2D eigenvalue weighted by Gasteiger charge is -2.25. The minimum absolute atomic E-state index is 0.0396. The van der Waals surface area contributed by atoms with Gasteiger partial charge >= 0.3 is 0 Å². The summed E-state index contributed by atoms with van der Waals surface area (Å²) in [4.78, 5) is 0.924. The number of nitrogens with two attached hydrogens (primary N) is 1. The Morgan fingerprint density at radius 1 is 1.43 bits per heavy atom. The minimum atomic E-state index is -3.27. The van der Waals surface area contributed by atoms with Crippen LogP contribution in [0.1, 0.15) is 13.3 Å². The number of nitrogens with zero attached hydrogens (tertiary/aromatic N) is 1. The van der Waals surface area contributed by atoms with E-state index in [9.17, 15) is 8.42 Å². The number of para-hydroxylation sites is 1. The topological polar surface area (TPSA) is 72.6 Å². The predicted octanol–water partition coefficient (Wildman–Crippen LogP) is 1.80. The van der Waals surface area contributed by atoms with Crippen LogP contribution < -0.4 is 5.73 Å². The zero-order chi connectivity index (χ0) is 15.5. The van der Waals surface area contributed by atoms with Crippen LogP contribution in [0, 0.1) is 0 Å². The van der Waals surface area contributed by atoms with Crippen LogP contribution in [0.3, 0.4) is 0 Å². The van der Waals surface area contributed by atoms with Crippen LogP contribution in [0.2, 0.25) is 0 Å². The van der Waals surface area contributed by atoms with Crippen molar-refractivity contribution < 1.29 is 13.2 Å². The van der Waals surface area contributed by atoms with E-state index in [0.717, 1.165) is 11.3 Å². The summed E-state index contributed by atoms with van der Waals surface area (Å²) in [5.41, 5.74) is 6.54. The Morgan fingerprint density at radius 3 is 2.76 bits per heavy atom. The summed E-state index contributed by atoms with van der Waals surface area (Å²) in [5, 5.41) is 0. The number of anilines is 1. The van der Waals surface area contributed by atoms with Crippen molar-refractivity contribution in [2.24, 2.45) is 0 Å². The number of ether oxygens (including phenoxy) is 1. The van der Waals surface area contributed by atoms with E-state index in [0.29, 0.717) is 18.0 Å². The zero-order valence-corrected chi connectivity index (χ0v) is 14.0. The van der Waals surface area contributed by atoms with Gasteiger partial charge in [-0.2, -0.15) is 4.31 Å². The monoisotopic (exact) mass is 330 g/mol. The van der Waals surface area contributed by atoms with Gasteiger partial charge < -0.3 is 10.5 Å². The van der Waals surface area contributed by atoms with Gasteiger partial charge in [0.25, 0.3) is 0 Å². The Labute approximate surface area is 130 Å². The molecule has 1 aliphatic heterocycles. The lowest BCUT2D eigenvalue weighted by molar-refractivity contribution is 0.102. The molecule has 0 saturated carbocycles. The first-order chi connectivity index (χ1) is 9.92. The minimum Gasteiger partial charge on any atom is -0.398 e. The molecular weight excluding hydrogens is 308 g/mol. The van der Waals surface area contributed by atoms with E-state index in [-0.39, 0.29) is 17.9 Å². The summed E-state index contributed by atoms with van der Waals surface area (Å²) in [6.07, 6.45) is 0.720. The van der Waals surface area contributed by atoms with Crippen LogP contribution in [-0.2, 0) is 14.8 Å². The third-order valence-electron chi connectivity index (χ3n) is 3.76. The Kier molecular flexibility index (Phi) is 5.54. The van der Waals surface area contributed by atoms with Crippen molar-refractivity contribution in [2.75, 3.05) is 30.9 Å². The van der Waals surface area contributed by atoms with Gasteiger partial charge in [0.1, 0.15) is 0 Å². The molecule has 1 fully saturated rings. The SMILES string of the molecule is CC1OCCC1N(C)S(=O)(=O)CCSc1ccccc1N. The van der Waals surface area contributed by atoms with Crippen molar-refractivity contribution in [3.63, 3.8) is 0 Å². The number of nitrogen functional groups attached to an aromatic ring is 1. The second kappa shape index (κ2) is 7.00. The molecule has 0 aliphatic carbocycles. The quantitative estimate of drug-likeness (QED) is 0.636. The third kappa shape index (κ3) is 4.12. The summed E-state index contributed by atoms with van der Waals surface area (Å²) in [7, 11) is -1.62. The van der Waals surface area contributed by atoms with Gasteiger partial charge in [0.2, 0.25) is 10.0 Å². The fourth-order valence-electron chi connectivity index (χ4n) is 2.42. The van der Waals surface area contributed by atoms with Crippen LogP contribution in [0.25, 0.3) is 0 Å². The number of hydrogen-bond acceptors (Lipinski definition) is 5. The molecule has 1 aliphatic rings. The van der Waals surface area contributed by atoms with E-state index in [2.05, 4.69) is 0 Å². The molecular formula is C14H22N2O3S2. The number of benzene rings is 1. The highest BCUT2D eigenvalue weighted by Crippen LogP contribution is 2.26. The van der Waals surface area contributed by atoms with Crippen LogP contribution >= 0.6 is 11.8 Å². The normalized spacial score (nSPS) is 22.8. The highest BCUT2D eigenvalue weighted by atomic mass is 32.2. The second-order valence-electron chi connectivity index (χ2n) is 5.15. The molecule has 2 atom stereocenters. The Balaban J connectivity index is 1.91. The lowest BCUT2D eigenvalue weighted by Crippen LogP contribution is -2.42. The summed E-state index contributed by atoms with van der Waals surface area (Å²) in [6.45, 7) is 2.55. The Bertz CT molecular complexity index is 577. The summed E-state index contributed by atoms with van der Waals surface area (Å²) in [6, 6.07) is 7.44. The number of hydrogen-bond donors (Lipinski definition) is 1. The molecule has 0 aromatic heterocycles. The van der Waals surface area contributed by atoms with Crippen molar-refractivity contribution in [2.45, 2.75) is 30.4 Å². The fraction of sp³-hybridized carbons (Fsp3) is 0.571. The molecule has 0 radical (unpaired) electrons. The lowest BCUT2D eigenvalue weighted by atomic mass is 10.2. The number of likely N-dealkylation sites (N-methyl/N-ethyl adjacent to an activating group) is 1. The van der Waals surface area contributed by atoms with E-state index < -0.39 is 10.0 Å². The van der Waals surface area contributed by atoms with Gasteiger partial charge in [0, 0.05) is 30.0 Å². The average Bonchev–Trinajstić information content (AvgIpc) is 2.86. The zero-order valence-electron chi connectivity index (χ0n) is 12.4. The van der Waals surface area contributed by atoms with E-state index in [1.165, 1.54) is 16.1 Å². The van der Waals surface area contributed by atoms with E-state index in [1.807, 2.05) is 31.2 Å². The predicted molar refractivity (Wildman–Crippen MR) is 86.9 cm³/mol. The van der Waals surface area contributed by atoms with Crippen LogP contribution in [0.4, 0.5) is 5.69 Å². The number of thioether (sulfide) groups is 1. The third-order valence-corrected chi connectivity index (χ3v) is 6.98. The van der Waals surface area contributed by atoms with Gasteiger partial charge in [-0.1, -0.05) is 12.1 Å². The summed E-state index contributed by atoms with van der Waals surface area (Å²) < 4.78 is 31.6. The van der Waals surface area contributed by atoms with Crippen LogP contribution in [0.15, 0.2) is 29.2 Å². The molecule has 2 unspecified atom stereocenters. The first kappa shape index (κ1) is 16.6. The van der Waals surface area contributed by atoms with Gasteiger partial charge in [-0.05, 0) is 25.5 Å². The van der Waals surface area contributed by atoms with E-state index >= 15 is 0 Å². The Morgan fingerprint density at radius 2 is 2.14 bits per heavy atom. The maximum Gasteiger partial charge on any atom is 0.215 e. The molecule has 0 spiro atoms. The van der Waals surface area contributed by atoms with E-state index in [1.54, 1.807) is 7.05 Å². The van der Waals surface area contributed by atoms with Crippen molar-refractivity contribution in [1.29, 1.82) is 0 Å². The smallest absolute Gasteiger partial charge is 0.215 e. The summed E-state index contributed by atoms with van der Waals surface area (Å²) in [5.74, 6) is 0.592. The highest BCUT2D eigenvalue weighted by Gasteiger charge is 2.34. The van der Waals surface area contributed by atoms with Crippen molar-refractivity contribution >= 4 is 27.5 Å². The van der Waals surface area contributed by atoms with Gasteiger partial charge in [0.05, 0.1) is 17.9 Å². The molecule has 1 aromatic rings. The first-order valence-electron chi connectivity index (χ1n) is 6.96. The molecule has 1 heterocycles. The molecule has 0 amide bonds. The van der Waals surface area contributed by atoms with Gasteiger partial charge in [-0.3, -0.25) is 0 Å². The molecule has 2 N–H and O–H groups in total. The molecule has 2 rings (SSSR count). The van der Waals surface area contributed by atoms with Gasteiger partial charge in [0.15, 0.2) is 0 Å². The largest absolute Gasteiger partial charge is 0.398 e. The summed E-state index contributed by atoms with van der Waals surface area (Å²) >= 11 is 1.47. The first-order valence-corrected chi connectivity index (χ1v) is 9.56. The van der Waals surface area contributed by atoms with Crippen LogP contribution in [-0.4, -0.2) is 50.0 Å². The molecule has 118 valence electrons. The Hall–Kier alpha value is -0.760. The van der Waals surface area contributed by atoms with E-state index in [4.69, 9.17) is 10.5 Å². The average molecular weight is 330 g/mol. The van der Waals surface area contributed by atoms with Crippen molar-refractivity contribution in [3.8, 4) is 0 Å². The fourth-order valence-corrected chi connectivity index (χ4v) is 5.20. The van der Waals surface area contributed by atoms with Gasteiger partial charge in [-0.25, -0.2) is 8.42 Å². The van der Waals surface area contributed by atoms with Gasteiger partial charge in [-0.15, -0.1) is 11.8 Å². The number of rotatable bonds is 6. The van der Waals surface area contributed by atoms with Crippen molar-refractivity contribution in [3.05, 3.63) is 24.3 Å². The highest BCUT2D eigenvalue weighted by molar-refractivity contribution is 8.00. The maximum absolute atomic E-state index is 12.4. The number of sulfonamides is 1. The molecule has 5 nitrogen and oxygen atoms in total. The molecule has 21 heavy (non-hydrogen) atoms. The standard InChI is InChI=1S/C14H22N2O3S2/c1-11-13(7-8-19-11)16(2)21(17,18)10-9-20-14-6-4-3-5-12(14)15/h3-6,11,13H,7-10,15H2,1-2H3. The maximum atomic E-state index is 12.4. The molecule has 1 aromatic carbocycles.